The second-order valence-corrected chi connectivity index (χ2v) is 3.13. The van der Waals surface area contributed by atoms with E-state index < -0.39 is 11.8 Å². The highest BCUT2D eigenvalue weighted by molar-refractivity contribution is 5.86. The maximum atomic E-state index is 12.9. The van der Waals surface area contributed by atoms with E-state index in [9.17, 15) is 14.0 Å². The quantitative estimate of drug-likeness (QED) is 0.398. The number of rotatable bonds is 6. The standard InChI is InChI=1S/C11H15FO4/c1-4-16-11(14)9(12)7-5-6-8(2)10(13)15-3/h4,7-8H,1,5-6H2,2-3H3/t8-/m0/s1. The molecule has 5 heteroatoms. The summed E-state index contributed by atoms with van der Waals surface area (Å²) in [4.78, 5) is 21.8. The summed E-state index contributed by atoms with van der Waals surface area (Å²) in [6.45, 7) is 4.79. The normalized spacial score (nSPS) is 12.8. The Morgan fingerprint density at radius 1 is 1.50 bits per heavy atom. The van der Waals surface area contributed by atoms with Gasteiger partial charge < -0.3 is 9.47 Å². The zero-order valence-corrected chi connectivity index (χ0v) is 9.36. The lowest BCUT2D eigenvalue weighted by atomic mass is 10.1. The van der Waals surface area contributed by atoms with Crippen LogP contribution in [0.5, 0.6) is 0 Å². The van der Waals surface area contributed by atoms with Gasteiger partial charge in [0.15, 0.2) is 0 Å². The molecule has 1 atom stereocenters. The molecule has 0 saturated heterocycles. The molecule has 0 rings (SSSR count). The lowest BCUT2D eigenvalue weighted by Crippen LogP contribution is -2.12. The molecule has 16 heavy (non-hydrogen) atoms. The summed E-state index contributed by atoms with van der Waals surface area (Å²) in [5.41, 5.74) is 0. The van der Waals surface area contributed by atoms with Crippen molar-refractivity contribution in [3.8, 4) is 0 Å². The monoisotopic (exact) mass is 230 g/mol. The van der Waals surface area contributed by atoms with Gasteiger partial charge in [-0.3, -0.25) is 4.79 Å². The van der Waals surface area contributed by atoms with Crippen molar-refractivity contribution < 1.29 is 23.5 Å². The number of allylic oxidation sites excluding steroid dienone is 1. The second kappa shape index (κ2) is 7.62. The zero-order chi connectivity index (χ0) is 12.6. The Labute approximate surface area is 93.7 Å². The number of ether oxygens (including phenoxy) is 2. The van der Waals surface area contributed by atoms with Crippen LogP contribution in [0.25, 0.3) is 0 Å². The summed E-state index contributed by atoms with van der Waals surface area (Å²) >= 11 is 0. The molecule has 0 radical (unpaired) electrons. The Kier molecular flexibility index (Phi) is 6.83. The van der Waals surface area contributed by atoms with Crippen LogP contribution < -0.4 is 0 Å². The molecular weight excluding hydrogens is 215 g/mol. The fourth-order valence-corrected chi connectivity index (χ4v) is 0.994. The van der Waals surface area contributed by atoms with Gasteiger partial charge in [0, 0.05) is 0 Å². The predicted octanol–water partition coefficient (Wildman–Crippen LogP) is 2.12. The fraction of sp³-hybridized carbons (Fsp3) is 0.455. The Morgan fingerprint density at radius 2 is 2.12 bits per heavy atom. The van der Waals surface area contributed by atoms with Crippen molar-refractivity contribution in [2.45, 2.75) is 19.8 Å². The molecule has 0 aliphatic rings. The van der Waals surface area contributed by atoms with E-state index in [-0.39, 0.29) is 18.3 Å². The van der Waals surface area contributed by atoms with Gasteiger partial charge >= 0.3 is 11.9 Å². The molecule has 0 aromatic carbocycles. The van der Waals surface area contributed by atoms with Crippen LogP contribution in [0.15, 0.2) is 24.7 Å². The number of carbonyl (C=O) groups is 2. The highest BCUT2D eigenvalue weighted by atomic mass is 19.1. The number of hydrogen-bond acceptors (Lipinski definition) is 4. The van der Waals surface area contributed by atoms with Crippen molar-refractivity contribution in [3.05, 3.63) is 24.7 Å². The van der Waals surface area contributed by atoms with E-state index in [1.807, 2.05) is 0 Å². The summed E-state index contributed by atoms with van der Waals surface area (Å²) in [6, 6.07) is 0. The summed E-state index contributed by atoms with van der Waals surface area (Å²) in [7, 11) is 1.29. The molecule has 0 aliphatic carbocycles. The number of halogens is 1. The maximum Gasteiger partial charge on any atom is 0.371 e. The lowest BCUT2D eigenvalue weighted by Gasteiger charge is -2.06. The van der Waals surface area contributed by atoms with Gasteiger partial charge in [0.05, 0.1) is 19.3 Å². The number of carbonyl (C=O) groups excluding carboxylic acids is 2. The average Bonchev–Trinajstić information content (AvgIpc) is 2.27. The van der Waals surface area contributed by atoms with E-state index in [2.05, 4.69) is 16.1 Å². The van der Waals surface area contributed by atoms with Crippen LogP contribution in [0.1, 0.15) is 19.8 Å². The summed E-state index contributed by atoms with van der Waals surface area (Å²) in [5, 5.41) is 0. The molecule has 0 unspecified atom stereocenters. The SMILES string of the molecule is C=COC(=O)C(F)=CCC[C@H](C)C(=O)OC. The van der Waals surface area contributed by atoms with Gasteiger partial charge in [-0.2, -0.15) is 4.39 Å². The van der Waals surface area contributed by atoms with Crippen LogP contribution in [0.3, 0.4) is 0 Å². The van der Waals surface area contributed by atoms with Gasteiger partial charge in [-0.25, -0.2) is 4.79 Å². The topological polar surface area (TPSA) is 52.6 Å². The first kappa shape index (κ1) is 14.3. The molecule has 0 amide bonds. The average molecular weight is 230 g/mol. The van der Waals surface area contributed by atoms with Gasteiger partial charge in [-0.15, -0.1) is 0 Å². The first-order valence-electron chi connectivity index (χ1n) is 4.78. The van der Waals surface area contributed by atoms with Crippen LogP contribution >= 0.6 is 0 Å². The highest BCUT2D eigenvalue weighted by Crippen LogP contribution is 2.10. The zero-order valence-electron chi connectivity index (χ0n) is 9.36. The second-order valence-electron chi connectivity index (χ2n) is 3.13. The van der Waals surface area contributed by atoms with E-state index >= 15 is 0 Å². The smallest absolute Gasteiger partial charge is 0.371 e. The molecule has 0 spiro atoms. The van der Waals surface area contributed by atoms with Crippen molar-refractivity contribution in [3.63, 3.8) is 0 Å². The molecule has 0 bridgehead atoms. The largest absolute Gasteiger partial charge is 0.469 e. The Morgan fingerprint density at radius 3 is 2.62 bits per heavy atom. The van der Waals surface area contributed by atoms with E-state index in [0.29, 0.717) is 6.42 Å². The molecular formula is C11H15FO4. The van der Waals surface area contributed by atoms with Crippen molar-refractivity contribution in [1.82, 2.24) is 0 Å². The van der Waals surface area contributed by atoms with Crippen LogP contribution in [0, 0.1) is 5.92 Å². The van der Waals surface area contributed by atoms with Gasteiger partial charge in [0.25, 0.3) is 0 Å². The minimum atomic E-state index is -1.08. The van der Waals surface area contributed by atoms with Crippen LogP contribution in [-0.2, 0) is 19.1 Å². The van der Waals surface area contributed by atoms with E-state index in [1.165, 1.54) is 7.11 Å². The van der Waals surface area contributed by atoms with Gasteiger partial charge in [0.1, 0.15) is 0 Å². The number of methoxy groups -OCH3 is 1. The molecule has 0 aliphatic heterocycles. The van der Waals surface area contributed by atoms with Crippen LogP contribution in [-0.4, -0.2) is 19.0 Å². The van der Waals surface area contributed by atoms with E-state index in [0.717, 1.165) is 12.3 Å². The third-order valence-corrected chi connectivity index (χ3v) is 1.91. The molecule has 0 aromatic heterocycles. The summed E-state index contributed by atoms with van der Waals surface area (Å²) < 4.78 is 21.7. The minimum Gasteiger partial charge on any atom is -0.469 e. The Balaban J connectivity index is 4.04. The van der Waals surface area contributed by atoms with Crippen molar-refractivity contribution >= 4 is 11.9 Å². The Hall–Kier alpha value is -1.65. The van der Waals surface area contributed by atoms with Crippen LogP contribution in [0.4, 0.5) is 4.39 Å². The molecule has 0 saturated carbocycles. The fourth-order valence-electron chi connectivity index (χ4n) is 0.994. The molecule has 0 aromatic rings. The number of hydrogen-bond donors (Lipinski definition) is 0. The molecule has 0 N–H and O–H groups in total. The lowest BCUT2D eigenvalue weighted by molar-refractivity contribution is -0.145. The minimum absolute atomic E-state index is 0.258. The summed E-state index contributed by atoms with van der Waals surface area (Å²) in [6.07, 6.45) is 2.59. The third-order valence-electron chi connectivity index (χ3n) is 1.91. The molecule has 90 valence electrons. The Bertz CT molecular complexity index is 296. The van der Waals surface area contributed by atoms with Crippen molar-refractivity contribution in [1.29, 1.82) is 0 Å². The highest BCUT2D eigenvalue weighted by Gasteiger charge is 2.13. The first-order valence-corrected chi connectivity index (χ1v) is 4.78. The molecule has 0 heterocycles. The third kappa shape index (κ3) is 5.29. The first-order chi connectivity index (χ1) is 7.52. The van der Waals surface area contributed by atoms with E-state index in [4.69, 9.17) is 0 Å². The molecule has 4 nitrogen and oxygen atoms in total. The van der Waals surface area contributed by atoms with Gasteiger partial charge in [-0.1, -0.05) is 13.5 Å². The predicted molar refractivity (Wildman–Crippen MR) is 55.9 cm³/mol. The van der Waals surface area contributed by atoms with Crippen LogP contribution in [0.2, 0.25) is 0 Å². The van der Waals surface area contributed by atoms with Crippen molar-refractivity contribution in [2.75, 3.05) is 7.11 Å². The van der Waals surface area contributed by atoms with Crippen molar-refractivity contribution in [2.24, 2.45) is 5.92 Å². The molecule has 0 fully saturated rings. The van der Waals surface area contributed by atoms with Gasteiger partial charge in [-0.05, 0) is 18.9 Å². The van der Waals surface area contributed by atoms with E-state index in [1.54, 1.807) is 6.92 Å². The summed E-state index contributed by atoms with van der Waals surface area (Å²) in [5.74, 6) is -2.76. The maximum absolute atomic E-state index is 12.9. The van der Waals surface area contributed by atoms with Gasteiger partial charge in [0.2, 0.25) is 5.83 Å². The number of esters is 2.